The third-order valence-corrected chi connectivity index (χ3v) is 3.30. The molecule has 116 valence electrons. The monoisotopic (exact) mass is 308 g/mol. The summed E-state index contributed by atoms with van der Waals surface area (Å²) in [4.78, 5) is 24.4. The van der Waals surface area contributed by atoms with Crippen LogP contribution in [0.1, 0.15) is 17.0 Å². The van der Waals surface area contributed by atoms with Crippen molar-refractivity contribution in [1.82, 2.24) is 15.0 Å². The molecule has 0 saturated carbocycles. The summed E-state index contributed by atoms with van der Waals surface area (Å²) in [6, 6.07) is 9.56. The van der Waals surface area contributed by atoms with Crippen molar-refractivity contribution in [3.8, 4) is 11.5 Å². The molecule has 3 aromatic rings. The zero-order chi connectivity index (χ0) is 16.2. The van der Waals surface area contributed by atoms with Crippen molar-refractivity contribution in [3.05, 3.63) is 59.7 Å². The van der Waals surface area contributed by atoms with Gasteiger partial charge in [0.05, 0.1) is 12.1 Å². The maximum absolute atomic E-state index is 12.1. The molecule has 0 fully saturated rings. The van der Waals surface area contributed by atoms with Crippen molar-refractivity contribution in [3.63, 3.8) is 0 Å². The first-order valence-corrected chi connectivity index (χ1v) is 7.22. The fourth-order valence-corrected chi connectivity index (χ4v) is 2.18. The van der Waals surface area contributed by atoms with Crippen molar-refractivity contribution in [2.24, 2.45) is 0 Å². The molecule has 0 atom stereocenters. The lowest BCUT2D eigenvalue weighted by Gasteiger charge is -2.01. The van der Waals surface area contributed by atoms with Crippen LogP contribution in [0.3, 0.4) is 0 Å². The summed E-state index contributed by atoms with van der Waals surface area (Å²) in [5, 5.41) is 2.63. The van der Waals surface area contributed by atoms with Gasteiger partial charge in [-0.3, -0.25) is 10.1 Å². The Balaban J connectivity index is 1.75. The summed E-state index contributed by atoms with van der Waals surface area (Å²) in [7, 11) is 0. The number of oxazole rings is 1. The van der Waals surface area contributed by atoms with E-state index in [1.807, 2.05) is 31.2 Å². The van der Waals surface area contributed by atoms with Gasteiger partial charge in [-0.05, 0) is 32.0 Å². The van der Waals surface area contributed by atoms with Crippen LogP contribution in [0.2, 0.25) is 0 Å². The molecule has 1 amide bonds. The molecular formula is C17H16N4O2. The summed E-state index contributed by atoms with van der Waals surface area (Å²) in [5.41, 5.74) is 2.62. The number of carbonyl (C=O) groups is 1. The largest absolute Gasteiger partial charge is 0.441 e. The Hall–Kier alpha value is -3.02. The van der Waals surface area contributed by atoms with Gasteiger partial charge in [0.15, 0.2) is 0 Å². The number of carbonyl (C=O) groups excluding carboxylic acids is 1. The van der Waals surface area contributed by atoms with E-state index in [1.54, 1.807) is 25.4 Å². The van der Waals surface area contributed by atoms with Crippen LogP contribution in [0.4, 0.5) is 5.95 Å². The van der Waals surface area contributed by atoms with Crippen LogP contribution < -0.4 is 5.32 Å². The number of anilines is 1. The van der Waals surface area contributed by atoms with Gasteiger partial charge in [-0.25, -0.2) is 15.0 Å². The number of hydrogen-bond donors (Lipinski definition) is 1. The number of hydrogen-bond acceptors (Lipinski definition) is 5. The second-order valence-corrected chi connectivity index (χ2v) is 5.19. The van der Waals surface area contributed by atoms with Crippen molar-refractivity contribution in [2.45, 2.75) is 20.3 Å². The van der Waals surface area contributed by atoms with Gasteiger partial charge in [0.1, 0.15) is 5.76 Å². The summed E-state index contributed by atoms with van der Waals surface area (Å²) in [6.45, 7) is 3.81. The second-order valence-electron chi connectivity index (χ2n) is 5.19. The zero-order valence-corrected chi connectivity index (χ0v) is 12.9. The molecule has 1 aromatic carbocycles. The Morgan fingerprint density at radius 3 is 2.70 bits per heavy atom. The van der Waals surface area contributed by atoms with Crippen LogP contribution >= 0.6 is 0 Å². The van der Waals surface area contributed by atoms with Gasteiger partial charge < -0.3 is 4.42 Å². The van der Waals surface area contributed by atoms with Gasteiger partial charge in [0.2, 0.25) is 17.7 Å². The summed E-state index contributed by atoms with van der Waals surface area (Å²) in [6.07, 6.45) is 3.25. The lowest BCUT2D eigenvalue weighted by molar-refractivity contribution is -0.115. The molecule has 2 heterocycles. The van der Waals surface area contributed by atoms with E-state index in [1.165, 1.54) is 0 Å². The van der Waals surface area contributed by atoms with Crippen molar-refractivity contribution in [2.75, 3.05) is 5.32 Å². The van der Waals surface area contributed by atoms with Gasteiger partial charge in [0.25, 0.3) is 0 Å². The Morgan fingerprint density at radius 1 is 1.17 bits per heavy atom. The summed E-state index contributed by atoms with van der Waals surface area (Å²) in [5.74, 6) is 1.19. The summed E-state index contributed by atoms with van der Waals surface area (Å²) >= 11 is 0. The number of nitrogens with one attached hydrogen (secondary N) is 1. The van der Waals surface area contributed by atoms with E-state index in [0.29, 0.717) is 17.3 Å². The Bertz CT molecular complexity index is 828. The van der Waals surface area contributed by atoms with Crippen molar-refractivity contribution < 1.29 is 9.21 Å². The minimum Gasteiger partial charge on any atom is -0.441 e. The topological polar surface area (TPSA) is 80.9 Å². The molecular weight excluding hydrogens is 292 g/mol. The van der Waals surface area contributed by atoms with Crippen molar-refractivity contribution in [1.29, 1.82) is 0 Å². The first kappa shape index (κ1) is 14.9. The normalized spacial score (nSPS) is 10.5. The molecule has 0 spiro atoms. The standard InChI is InChI=1S/C17H16N4O2/c1-11-5-3-6-13(9-11)16-20-14(12(2)23-16)10-15(22)21-17-18-7-4-8-19-17/h3-9H,10H2,1-2H3,(H,18,19,21,22). The molecule has 0 radical (unpaired) electrons. The molecule has 0 aliphatic heterocycles. The van der Waals surface area contributed by atoms with E-state index in [9.17, 15) is 4.79 Å². The minimum atomic E-state index is -0.233. The summed E-state index contributed by atoms with van der Waals surface area (Å²) < 4.78 is 5.68. The number of aryl methyl sites for hydroxylation is 2. The average molecular weight is 308 g/mol. The van der Waals surface area contributed by atoms with Crippen LogP contribution in [0, 0.1) is 13.8 Å². The fourth-order valence-electron chi connectivity index (χ4n) is 2.18. The molecule has 0 saturated heterocycles. The Labute approximate surface area is 133 Å². The van der Waals surface area contributed by atoms with E-state index in [0.717, 1.165) is 11.1 Å². The highest BCUT2D eigenvalue weighted by atomic mass is 16.4. The molecule has 0 aliphatic rings. The first-order valence-electron chi connectivity index (χ1n) is 7.22. The third kappa shape index (κ3) is 3.60. The van der Waals surface area contributed by atoms with E-state index < -0.39 is 0 Å². The highest BCUT2D eigenvalue weighted by Gasteiger charge is 2.15. The smallest absolute Gasteiger partial charge is 0.232 e. The predicted molar refractivity (Wildman–Crippen MR) is 85.8 cm³/mol. The van der Waals surface area contributed by atoms with Gasteiger partial charge in [-0.2, -0.15) is 0 Å². The Kier molecular flexibility index (Phi) is 4.14. The highest BCUT2D eigenvalue weighted by Crippen LogP contribution is 2.22. The van der Waals surface area contributed by atoms with Crippen LogP contribution in [0.5, 0.6) is 0 Å². The average Bonchev–Trinajstić information content (AvgIpc) is 2.89. The predicted octanol–water partition coefficient (Wildman–Crippen LogP) is 2.93. The van der Waals surface area contributed by atoms with E-state index in [4.69, 9.17) is 4.42 Å². The quantitative estimate of drug-likeness (QED) is 0.801. The molecule has 23 heavy (non-hydrogen) atoms. The maximum atomic E-state index is 12.1. The van der Waals surface area contributed by atoms with E-state index in [2.05, 4.69) is 20.3 Å². The fraction of sp³-hybridized carbons (Fsp3) is 0.176. The molecule has 0 bridgehead atoms. The number of aromatic nitrogens is 3. The lowest BCUT2D eigenvalue weighted by Crippen LogP contribution is -2.16. The molecule has 6 heteroatoms. The molecule has 3 rings (SSSR count). The Morgan fingerprint density at radius 2 is 1.96 bits per heavy atom. The van der Waals surface area contributed by atoms with Gasteiger partial charge in [0, 0.05) is 18.0 Å². The van der Waals surface area contributed by atoms with E-state index in [-0.39, 0.29) is 18.3 Å². The first-order chi connectivity index (χ1) is 11.1. The SMILES string of the molecule is Cc1cccc(-c2nc(CC(=O)Nc3ncccn3)c(C)o2)c1. The van der Waals surface area contributed by atoms with Gasteiger partial charge >= 0.3 is 0 Å². The lowest BCUT2D eigenvalue weighted by atomic mass is 10.1. The van der Waals surface area contributed by atoms with Crippen molar-refractivity contribution >= 4 is 11.9 Å². The molecule has 0 unspecified atom stereocenters. The van der Waals surface area contributed by atoms with Crippen LogP contribution in [-0.4, -0.2) is 20.9 Å². The molecule has 0 aliphatic carbocycles. The second kappa shape index (κ2) is 6.39. The minimum absolute atomic E-state index is 0.111. The van der Waals surface area contributed by atoms with Crippen LogP contribution in [0.15, 0.2) is 47.1 Å². The van der Waals surface area contributed by atoms with E-state index >= 15 is 0 Å². The number of rotatable bonds is 4. The molecule has 1 N–H and O–H groups in total. The highest BCUT2D eigenvalue weighted by molar-refractivity contribution is 5.90. The van der Waals surface area contributed by atoms with Crippen LogP contribution in [-0.2, 0) is 11.2 Å². The maximum Gasteiger partial charge on any atom is 0.232 e. The molecule has 2 aromatic heterocycles. The number of nitrogens with zero attached hydrogens (tertiary/aromatic N) is 3. The molecule has 6 nitrogen and oxygen atoms in total. The van der Waals surface area contributed by atoms with Gasteiger partial charge in [-0.15, -0.1) is 0 Å². The number of benzene rings is 1. The third-order valence-electron chi connectivity index (χ3n) is 3.30. The number of amides is 1. The van der Waals surface area contributed by atoms with Crippen LogP contribution in [0.25, 0.3) is 11.5 Å². The van der Waals surface area contributed by atoms with Gasteiger partial charge in [-0.1, -0.05) is 17.7 Å². The zero-order valence-electron chi connectivity index (χ0n) is 12.9.